The van der Waals surface area contributed by atoms with E-state index in [0.29, 0.717) is 28.4 Å². The fourth-order valence-electron chi connectivity index (χ4n) is 2.68. The number of fused-ring (bicyclic) bond motifs is 1. The smallest absolute Gasteiger partial charge is 0.265 e. The molecular weight excluding hydrogens is 404 g/mol. The number of carbonyl (C=O) groups excluding carboxylic acids is 2. The molecule has 1 heterocycles. The summed E-state index contributed by atoms with van der Waals surface area (Å²) in [7, 11) is 1.51. The number of carbonyl (C=O) groups is 2. The van der Waals surface area contributed by atoms with E-state index in [0.717, 1.165) is 4.47 Å². The SMILES string of the molecule is COc1ccc(NC(=O)CN2C(=O)COc3cc(Br)ccc32)cc1CO. The van der Waals surface area contributed by atoms with Gasteiger partial charge in [-0.1, -0.05) is 15.9 Å². The lowest BCUT2D eigenvalue weighted by Crippen LogP contribution is -2.43. The molecule has 0 saturated heterocycles. The first-order chi connectivity index (χ1) is 12.5. The van der Waals surface area contributed by atoms with Gasteiger partial charge in [0.25, 0.3) is 5.91 Å². The number of amides is 2. The Bertz CT molecular complexity index is 855. The van der Waals surface area contributed by atoms with E-state index in [-0.39, 0.29) is 31.6 Å². The quantitative estimate of drug-likeness (QED) is 0.774. The maximum absolute atomic E-state index is 12.4. The second-order valence-corrected chi connectivity index (χ2v) is 6.53. The number of aliphatic hydroxyl groups is 1. The average Bonchev–Trinajstić information content (AvgIpc) is 2.64. The number of hydrogen-bond acceptors (Lipinski definition) is 5. The second kappa shape index (κ2) is 7.76. The van der Waals surface area contributed by atoms with Crippen molar-refractivity contribution in [1.82, 2.24) is 0 Å². The normalized spacial score (nSPS) is 13.0. The molecule has 0 radical (unpaired) electrons. The van der Waals surface area contributed by atoms with E-state index in [4.69, 9.17) is 9.47 Å². The van der Waals surface area contributed by atoms with Crippen LogP contribution in [0.2, 0.25) is 0 Å². The van der Waals surface area contributed by atoms with Crippen molar-refractivity contribution in [2.24, 2.45) is 0 Å². The summed E-state index contributed by atoms with van der Waals surface area (Å²) in [6, 6.07) is 10.2. The van der Waals surface area contributed by atoms with Gasteiger partial charge in [-0.25, -0.2) is 0 Å². The molecule has 0 aromatic heterocycles. The van der Waals surface area contributed by atoms with Crippen LogP contribution in [-0.2, 0) is 16.2 Å². The zero-order valence-corrected chi connectivity index (χ0v) is 15.6. The standard InChI is InChI=1S/C18H17BrN2O5/c1-25-15-5-3-13(6-11(15)9-22)20-17(23)8-21-14-4-2-12(19)7-16(14)26-10-18(21)24/h2-7,22H,8-10H2,1H3,(H,20,23). The van der Waals surface area contributed by atoms with Crippen molar-refractivity contribution < 1.29 is 24.2 Å². The van der Waals surface area contributed by atoms with E-state index in [1.54, 1.807) is 36.4 Å². The van der Waals surface area contributed by atoms with Gasteiger partial charge in [0.2, 0.25) is 5.91 Å². The van der Waals surface area contributed by atoms with Crippen LogP contribution < -0.4 is 19.7 Å². The number of hydrogen-bond donors (Lipinski definition) is 2. The van der Waals surface area contributed by atoms with Crippen molar-refractivity contribution in [2.75, 3.05) is 30.5 Å². The molecule has 2 amide bonds. The van der Waals surface area contributed by atoms with E-state index >= 15 is 0 Å². The van der Waals surface area contributed by atoms with Crippen molar-refractivity contribution >= 4 is 39.1 Å². The van der Waals surface area contributed by atoms with Crippen LogP contribution >= 0.6 is 15.9 Å². The van der Waals surface area contributed by atoms with Crippen molar-refractivity contribution in [3.05, 3.63) is 46.4 Å². The number of anilines is 2. The Morgan fingerprint density at radius 1 is 1.35 bits per heavy atom. The Balaban J connectivity index is 1.75. The number of halogens is 1. The maximum atomic E-state index is 12.4. The Labute approximate surface area is 158 Å². The largest absolute Gasteiger partial charge is 0.496 e. The maximum Gasteiger partial charge on any atom is 0.265 e. The van der Waals surface area contributed by atoms with Crippen LogP contribution in [0.15, 0.2) is 40.9 Å². The molecule has 7 nitrogen and oxygen atoms in total. The highest BCUT2D eigenvalue weighted by molar-refractivity contribution is 9.10. The Morgan fingerprint density at radius 3 is 2.88 bits per heavy atom. The summed E-state index contributed by atoms with van der Waals surface area (Å²) in [6.07, 6.45) is 0. The minimum absolute atomic E-state index is 0.117. The van der Waals surface area contributed by atoms with Gasteiger partial charge in [0.05, 0.1) is 19.4 Å². The highest BCUT2D eigenvalue weighted by Gasteiger charge is 2.27. The molecule has 0 spiro atoms. The lowest BCUT2D eigenvalue weighted by molar-refractivity contribution is -0.123. The molecule has 0 fully saturated rings. The minimum atomic E-state index is -0.358. The van der Waals surface area contributed by atoms with Crippen LogP contribution in [0, 0.1) is 0 Å². The van der Waals surface area contributed by atoms with Crippen LogP contribution in [0.25, 0.3) is 0 Å². The van der Waals surface area contributed by atoms with Gasteiger partial charge < -0.3 is 19.9 Å². The van der Waals surface area contributed by atoms with Gasteiger partial charge in [-0.3, -0.25) is 14.5 Å². The van der Waals surface area contributed by atoms with Crippen LogP contribution in [0.3, 0.4) is 0 Å². The predicted octanol–water partition coefficient (Wildman–Crippen LogP) is 2.31. The summed E-state index contributed by atoms with van der Waals surface area (Å²) in [5.74, 6) is 0.427. The molecule has 0 aliphatic carbocycles. The van der Waals surface area contributed by atoms with Crippen molar-refractivity contribution in [2.45, 2.75) is 6.61 Å². The summed E-state index contributed by atoms with van der Waals surface area (Å²) in [6.45, 7) is -0.470. The highest BCUT2D eigenvalue weighted by Crippen LogP contribution is 2.34. The van der Waals surface area contributed by atoms with Gasteiger partial charge in [-0.15, -0.1) is 0 Å². The molecule has 0 atom stereocenters. The van der Waals surface area contributed by atoms with Crippen LogP contribution in [0.4, 0.5) is 11.4 Å². The molecule has 8 heteroatoms. The van der Waals surface area contributed by atoms with Gasteiger partial charge in [0.15, 0.2) is 6.61 Å². The molecule has 2 aromatic carbocycles. The Kier molecular flexibility index (Phi) is 5.43. The molecule has 1 aliphatic heterocycles. The second-order valence-electron chi connectivity index (χ2n) is 5.61. The van der Waals surface area contributed by atoms with E-state index < -0.39 is 0 Å². The summed E-state index contributed by atoms with van der Waals surface area (Å²) >= 11 is 3.35. The van der Waals surface area contributed by atoms with E-state index in [9.17, 15) is 14.7 Å². The van der Waals surface area contributed by atoms with Crippen LogP contribution in [0.1, 0.15) is 5.56 Å². The van der Waals surface area contributed by atoms with Crippen molar-refractivity contribution in [1.29, 1.82) is 0 Å². The van der Waals surface area contributed by atoms with Crippen molar-refractivity contribution in [3.8, 4) is 11.5 Å². The number of ether oxygens (including phenoxy) is 2. The Hall–Kier alpha value is -2.58. The van der Waals surface area contributed by atoms with Crippen LogP contribution in [-0.4, -0.2) is 37.2 Å². The highest BCUT2D eigenvalue weighted by atomic mass is 79.9. The molecular formula is C18H17BrN2O5. The topological polar surface area (TPSA) is 88.1 Å². The third-order valence-electron chi connectivity index (χ3n) is 3.90. The third-order valence-corrected chi connectivity index (χ3v) is 4.39. The lowest BCUT2D eigenvalue weighted by atomic mass is 10.2. The molecule has 2 aromatic rings. The molecule has 0 bridgehead atoms. The molecule has 0 saturated carbocycles. The number of rotatable bonds is 5. The molecule has 0 unspecified atom stereocenters. The van der Waals surface area contributed by atoms with Gasteiger partial charge in [0, 0.05) is 15.7 Å². The van der Waals surface area contributed by atoms with E-state index in [1.807, 2.05) is 0 Å². The summed E-state index contributed by atoms with van der Waals surface area (Å²) in [4.78, 5) is 26.0. The fraction of sp³-hybridized carbons (Fsp3) is 0.222. The number of methoxy groups -OCH3 is 1. The van der Waals surface area contributed by atoms with Gasteiger partial charge in [-0.05, 0) is 36.4 Å². The molecule has 26 heavy (non-hydrogen) atoms. The number of benzene rings is 2. The van der Waals surface area contributed by atoms with Gasteiger partial charge in [-0.2, -0.15) is 0 Å². The minimum Gasteiger partial charge on any atom is -0.496 e. The zero-order valence-electron chi connectivity index (χ0n) is 14.0. The van der Waals surface area contributed by atoms with E-state index in [1.165, 1.54) is 12.0 Å². The predicted molar refractivity (Wildman–Crippen MR) is 99.5 cm³/mol. The first kappa shape index (κ1) is 18.2. The summed E-state index contributed by atoms with van der Waals surface area (Å²) < 4.78 is 11.4. The van der Waals surface area contributed by atoms with Gasteiger partial charge >= 0.3 is 0 Å². The summed E-state index contributed by atoms with van der Waals surface area (Å²) in [5.41, 5.74) is 1.62. The van der Waals surface area contributed by atoms with Crippen LogP contribution in [0.5, 0.6) is 11.5 Å². The molecule has 3 rings (SSSR count). The zero-order chi connectivity index (χ0) is 18.7. The summed E-state index contributed by atoms with van der Waals surface area (Å²) in [5, 5.41) is 12.1. The number of nitrogens with zero attached hydrogens (tertiary/aromatic N) is 1. The first-order valence-corrected chi connectivity index (χ1v) is 8.61. The monoisotopic (exact) mass is 420 g/mol. The van der Waals surface area contributed by atoms with Crippen molar-refractivity contribution in [3.63, 3.8) is 0 Å². The fourth-order valence-corrected chi connectivity index (χ4v) is 3.02. The molecule has 136 valence electrons. The number of nitrogens with one attached hydrogen (secondary N) is 1. The van der Waals surface area contributed by atoms with E-state index in [2.05, 4.69) is 21.2 Å². The third kappa shape index (κ3) is 3.81. The first-order valence-electron chi connectivity index (χ1n) is 7.82. The average molecular weight is 421 g/mol. The lowest BCUT2D eigenvalue weighted by Gasteiger charge is -2.29. The Morgan fingerprint density at radius 2 is 2.15 bits per heavy atom. The molecule has 1 aliphatic rings. The molecule has 2 N–H and O–H groups in total. The van der Waals surface area contributed by atoms with Gasteiger partial charge in [0.1, 0.15) is 18.0 Å². The number of aliphatic hydroxyl groups excluding tert-OH is 1.